The quantitative estimate of drug-likeness (QED) is 0.664. The zero-order valence-corrected chi connectivity index (χ0v) is 14.3. The number of phenolic OH excluding ortho intramolecular Hbond substituents is 3. The Labute approximate surface area is 154 Å². The Balaban J connectivity index is 0.00000196. The summed E-state index contributed by atoms with van der Waals surface area (Å²) in [4.78, 5) is 25.7. The number of aromatic hydroxyl groups is 3. The van der Waals surface area contributed by atoms with E-state index in [1.807, 2.05) is 0 Å². The molecule has 0 aliphatic heterocycles. The van der Waals surface area contributed by atoms with Crippen LogP contribution in [0.15, 0.2) is 35.4 Å². The lowest BCUT2D eigenvalue weighted by Gasteiger charge is -2.25. The second-order valence-electron chi connectivity index (χ2n) is 5.73. The number of ether oxygens (including phenoxy) is 1. The summed E-state index contributed by atoms with van der Waals surface area (Å²) >= 11 is 0. The summed E-state index contributed by atoms with van der Waals surface area (Å²) in [5.74, 6) is -3.43. The first-order chi connectivity index (χ1) is 12.0. The second kappa shape index (κ2) is 5.93. The first-order valence-corrected chi connectivity index (χ1v) is 7.42. The van der Waals surface area contributed by atoms with E-state index in [1.165, 1.54) is 13.2 Å². The van der Waals surface area contributed by atoms with Crippen molar-refractivity contribution >= 4 is 36.1 Å². The zero-order valence-electron chi connectivity index (χ0n) is 13.4. The third-order valence-corrected chi connectivity index (χ3v) is 4.42. The van der Waals surface area contributed by atoms with E-state index in [-0.39, 0.29) is 46.2 Å². The Morgan fingerprint density at radius 2 is 1.50 bits per heavy atom. The van der Waals surface area contributed by atoms with Gasteiger partial charge in [-0.2, -0.15) is 0 Å². The molecule has 0 saturated heterocycles. The molecule has 0 fully saturated rings. The highest BCUT2D eigenvalue weighted by Gasteiger charge is 2.37. The minimum absolute atomic E-state index is 0. The number of halogens is 1. The molecule has 2 aliphatic rings. The molecular weight excluding hydrogens is 360 g/mol. The fraction of sp³-hybridized carbons (Fsp3) is 0.0526. The molecule has 3 N–H and O–H groups in total. The normalized spacial score (nSPS) is 14.3. The van der Waals surface area contributed by atoms with Gasteiger partial charge in [0.15, 0.2) is 23.1 Å². The van der Waals surface area contributed by atoms with Crippen molar-refractivity contribution in [3.05, 3.63) is 57.7 Å². The summed E-state index contributed by atoms with van der Waals surface area (Å²) in [5, 5.41) is 30.0. The first kappa shape index (κ1) is 17.6. The molecule has 0 heterocycles. The van der Waals surface area contributed by atoms with Gasteiger partial charge in [0.2, 0.25) is 11.5 Å². The van der Waals surface area contributed by atoms with Crippen molar-refractivity contribution in [2.75, 3.05) is 7.11 Å². The van der Waals surface area contributed by atoms with Gasteiger partial charge in [0.1, 0.15) is 0 Å². The highest BCUT2D eigenvalue weighted by atomic mass is 35.5. The molecule has 6 nitrogen and oxygen atoms in total. The number of carbonyl (C=O) groups excluding carboxylic acids is 2. The summed E-state index contributed by atoms with van der Waals surface area (Å²) in [6.45, 7) is 0. The van der Waals surface area contributed by atoms with Gasteiger partial charge in [0, 0.05) is 22.3 Å². The maximum atomic E-state index is 12.9. The van der Waals surface area contributed by atoms with E-state index in [2.05, 4.69) is 0 Å². The largest absolute Gasteiger partial charge is 0.504 e. The molecule has 0 unspecified atom stereocenters. The van der Waals surface area contributed by atoms with Crippen molar-refractivity contribution in [2.24, 2.45) is 0 Å². The highest BCUT2D eigenvalue weighted by molar-refractivity contribution is 6.33. The van der Waals surface area contributed by atoms with E-state index in [1.54, 1.807) is 30.3 Å². The molecule has 2 aromatic carbocycles. The minimum atomic E-state index is -0.844. The standard InChI is InChI=1S/C19H12O6.ClH/c1-25-19-12-7-11-10(6-8-4-2-3-5-9(8)14(11)20)15(21)13(12)16(22)17(23)18(19)24;/h2-7,22-24H,1H3;1H. The molecule has 0 bridgehead atoms. The lowest BCUT2D eigenvalue weighted by molar-refractivity contribution is 0.0992. The van der Waals surface area contributed by atoms with E-state index in [0.717, 1.165) is 0 Å². The fourth-order valence-electron chi connectivity index (χ4n) is 3.22. The molecule has 132 valence electrons. The predicted octanol–water partition coefficient (Wildman–Crippen LogP) is 3.09. The van der Waals surface area contributed by atoms with Crippen molar-refractivity contribution < 1.29 is 29.6 Å². The van der Waals surface area contributed by atoms with Crippen molar-refractivity contribution in [3.63, 3.8) is 0 Å². The molecule has 0 radical (unpaired) electrons. The van der Waals surface area contributed by atoms with Gasteiger partial charge in [0.25, 0.3) is 0 Å². The molecule has 4 rings (SSSR count). The average Bonchev–Trinajstić information content (AvgIpc) is 2.61. The van der Waals surface area contributed by atoms with Gasteiger partial charge in [-0.15, -0.1) is 12.4 Å². The number of hydrogen-bond acceptors (Lipinski definition) is 6. The molecule has 0 aromatic heterocycles. The molecule has 2 aliphatic carbocycles. The Bertz CT molecular complexity index is 1050. The van der Waals surface area contributed by atoms with Crippen LogP contribution in [-0.4, -0.2) is 34.0 Å². The minimum Gasteiger partial charge on any atom is -0.504 e. The number of fused-ring (bicyclic) bond motifs is 3. The van der Waals surface area contributed by atoms with Crippen LogP contribution >= 0.6 is 12.4 Å². The Hall–Kier alpha value is -3.25. The summed E-state index contributed by atoms with van der Waals surface area (Å²) in [7, 11) is 1.25. The van der Waals surface area contributed by atoms with Crippen molar-refractivity contribution in [3.8, 4) is 23.0 Å². The number of ketones is 2. The van der Waals surface area contributed by atoms with Crippen LogP contribution in [0, 0.1) is 0 Å². The van der Waals surface area contributed by atoms with Gasteiger partial charge >= 0.3 is 0 Å². The van der Waals surface area contributed by atoms with E-state index in [0.29, 0.717) is 11.1 Å². The topological polar surface area (TPSA) is 104 Å². The summed E-state index contributed by atoms with van der Waals surface area (Å²) in [5.41, 5.74) is 1.18. The Morgan fingerprint density at radius 1 is 0.846 bits per heavy atom. The number of rotatable bonds is 1. The van der Waals surface area contributed by atoms with Crippen LogP contribution in [-0.2, 0) is 0 Å². The van der Waals surface area contributed by atoms with Crippen LogP contribution in [0.3, 0.4) is 0 Å². The maximum absolute atomic E-state index is 12.9. The van der Waals surface area contributed by atoms with E-state index >= 15 is 0 Å². The second-order valence-corrected chi connectivity index (χ2v) is 5.73. The Kier molecular flexibility index (Phi) is 4.00. The van der Waals surface area contributed by atoms with Gasteiger partial charge in [-0.1, -0.05) is 24.3 Å². The SMILES string of the molecule is COc1c(O)c(O)c(O)c2c1C=C1C(=O)c3ccccc3C=C1C2=O.Cl. The highest BCUT2D eigenvalue weighted by Crippen LogP contribution is 2.51. The number of carbonyl (C=O) groups is 2. The van der Waals surface area contributed by atoms with Crippen molar-refractivity contribution in [1.29, 1.82) is 0 Å². The van der Waals surface area contributed by atoms with Crippen molar-refractivity contribution in [1.82, 2.24) is 0 Å². The van der Waals surface area contributed by atoms with Crippen LogP contribution < -0.4 is 4.74 Å². The van der Waals surface area contributed by atoms with E-state index < -0.39 is 23.0 Å². The van der Waals surface area contributed by atoms with Crippen LogP contribution in [0.2, 0.25) is 0 Å². The van der Waals surface area contributed by atoms with Crippen LogP contribution in [0.25, 0.3) is 12.2 Å². The summed E-state index contributed by atoms with van der Waals surface area (Å²) < 4.78 is 5.06. The van der Waals surface area contributed by atoms with Crippen LogP contribution in [0.1, 0.15) is 31.8 Å². The number of phenols is 3. The summed E-state index contributed by atoms with van der Waals surface area (Å²) in [6, 6.07) is 6.86. The van der Waals surface area contributed by atoms with Gasteiger partial charge in [0.05, 0.1) is 12.7 Å². The van der Waals surface area contributed by atoms with Gasteiger partial charge in [-0.3, -0.25) is 9.59 Å². The van der Waals surface area contributed by atoms with Crippen LogP contribution in [0.4, 0.5) is 0 Å². The lowest BCUT2D eigenvalue weighted by Crippen LogP contribution is -2.22. The maximum Gasteiger partial charge on any atom is 0.205 e. The molecule has 0 amide bonds. The van der Waals surface area contributed by atoms with Gasteiger partial charge in [-0.05, 0) is 17.7 Å². The molecular formula is C19H13ClO6. The third kappa shape index (κ3) is 2.12. The van der Waals surface area contributed by atoms with E-state index in [9.17, 15) is 24.9 Å². The molecule has 2 aromatic rings. The number of benzene rings is 2. The van der Waals surface area contributed by atoms with Crippen molar-refractivity contribution in [2.45, 2.75) is 0 Å². The number of hydrogen-bond donors (Lipinski definition) is 3. The monoisotopic (exact) mass is 372 g/mol. The van der Waals surface area contributed by atoms with Gasteiger partial charge in [-0.25, -0.2) is 0 Å². The smallest absolute Gasteiger partial charge is 0.205 e. The lowest BCUT2D eigenvalue weighted by atomic mass is 9.78. The molecule has 0 spiro atoms. The zero-order chi connectivity index (χ0) is 17.9. The van der Waals surface area contributed by atoms with Crippen LogP contribution in [0.5, 0.6) is 23.0 Å². The Morgan fingerprint density at radius 3 is 2.19 bits per heavy atom. The molecule has 7 heteroatoms. The molecule has 0 saturated carbocycles. The summed E-state index contributed by atoms with van der Waals surface area (Å²) in [6.07, 6.45) is 2.96. The third-order valence-electron chi connectivity index (χ3n) is 4.42. The first-order valence-electron chi connectivity index (χ1n) is 7.42. The molecule has 26 heavy (non-hydrogen) atoms. The number of methoxy groups -OCH3 is 1. The average molecular weight is 373 g/mol. The van der Waals surface area contributed by atoms with E-state index in [4.69, 9.17) is 4.74 Å². The predicted molar refractivity (Wildman–Crippen MR) is 96.3 cm³/mol. The van der Waals surface area contributed by atoms with Gasteiger partial charge < -0.3 is 20.1 Å². The number of Topliss-reactive ketones (excluding diaryl/α,β-unsaturated/α-hetero) is 2. The fourth-order valence-corrected chi connectivity index (χ4v) is 3.22. The number of allylic oxidation sites excluding steroid dienone is 2. The molecule has 0 atom stereocenters.